The van der Waals surface area contributed by atoms with Crippen molar-refractivity contribution in [2.24, 2.45) is 0 Å². The molecule has 4 aromatic rings. The van der Waals surface area contributed by atoms with E-state index >= 15 is 0 Å². The van der Waals surface area contributed by atoms with Crippen LogP contribution in [0.3, 0.4) is 0 Å². The van der Waals surface area contributed by atoms with Crippen LogP contribution in [0, 0.1) is 32.1 Å². The number of hydrogen-bond donors (Lipinski definition) is 4. The zero-order valence-electron chi connectivity index (χ0n) is 28.0. The first-order valence-electron chi connectivity index (χ1n) is 16.0. The Kier molecular flexibility index (Phi) is 11.2. The Balaban J connectivity index is 1.38. The van der Waals surface area contributed by atoms with E-state index in [1.165, 1.54) is 13.1 Å². The van der Waals surface area contributed by atoms with Crippen molar-refractivity contribution in [3.63, 3.8) is 0 Å². The van der Waals surface area contributed by atoms with E-state index in [9.17, 15) is 25.4 Å². The van der Waals surface area contributed by atoms with Crippen LogP contribution in [0.15, 0.2) is 48.8 Å². The van der Waals surface area contributed by atoms with Crippen LogP contribution in [0.5, 0.6) is 11.5 Å². The lowest BCUT2D eigenvalue weighted by Crippen LogP contribution is -2.52. The van der Waals surface area contributed by atoms with Gasteiger partial charge in [-0.3, -0.25) is 20.0 Å². The van der Waals surface area contributed by atoms with Crippen molar-refractivity contribution in [3.05, 3.63) is 98.6 Å². The van der Waals surface area contributed by atoms with E-state index in [-0.39, 0.29) is 25.9 Å². The second-order valence-electron chi connectivity index (χ2n) is 12.6. The maximum Gasteiger partial charge on any atom is 0.326 e. The van der Waals surface area contributed by atoms with Gasteiger partial charge in [0, 0.05) is 67.0 Å². The number of benzene rings is 2. The van der Waals surface area contributed by atoms with Crippen LogP contribution in [0.25, 0.3) is 5.69 Å². The quantitative estimate of drug-likeness (QED) is 0.149. The van der Waals surface area contributed by atoms with Crippen LogP contribution in [0.4, 0.5) is 0 Å². The Bertz CT molecular complexity index is 1870. The smallest absolute Gasteiger partial charge is 0.326 e. The summed E-state index contributed by atoms with van der Waals surface area (Å²) in [7, 11) is 0. The number of aliphatic hydroxyl groups is 2. The Morgan fingerprint density at radius 2 is 1.92 bits per heavy atom. The third-order valence-electron chi connectivity index (χ3n) is 8.99. The Labute approximate surface area is 290 Å². The molecule has 5 rings (SSSR count). The number of aliphatic hydroxyl groups excluding tert-OH is 2. The molecule has 4 N–H and O–H groups in total. The third kappa shape index (κ3) is 8.21. The molecule has 0 aliphatic carbocycles. The number of rotatable bonds is 14. The lowest BCUT2D eigenvalue weighted by molar-refractivity contribution is -0.145. The average Bonchev–Trinajstić information content (AvgIpc) is 3.63. The molecular formula is C36H41ClN6O6. The van der Waals surface area contributed by atoms with E-state index in [2.05, 4.69) is 28.2 Å². The van der Waals surface area contributed by atoms with Gasteiger partial charge in [-0.15, -0.1) is 0 Å². The van der Waals surface area contributed by atoms with E-state index in [1.54, 1.807) is 24.4 Å². The number of carbonyl (C=O) groups is 1. The Hall–Kier alpha value is -4.51. The summed E-state index contributed by atoms with van der Waals surface area (Å²) < 4.78 is 14.4. The summed E-state index contributed by atoms with van der Waals surface area (Å²) >= 11 is 6.70. The van der Waals surface area contributed by atoms with Crippen molar-refractivity contribution in [1.82, 2.24) is 25.0 Å². The van der Waals surface area contributed by atoms with Crippen molar-refractivity contribution in [2.75, 3.05) is 19.7 Å². The number of ether oxygens (including phenoxy) is 2. The summed E-state index contributed by atoms with van der Waals surface area (Å²) in [5.41, 5.74) is 6.02. The van der Waals surface area contributed by atoms with E-state index in [0.29, 0.717) is 39.8 Å². The molecule has 1 fully saturated rings. The summed E-state index contributed by atoms with van der Waals surface area (Å²) in [6.45, 7) is 9.43. The van der Waals surface area contributed by atoms with Gasteiger partial charge in [-0.05, 0) is 63.4 Å². The SMILES string of the molecule is Cc1nn(-c2cccc(COc3cc(OCc4cncc(C#N)c4)c(CNC(C)(CO)C(=O)O)cc3Cl)c2C)c(C)c1CN1CCC(O)C1. The summed E-state index contributed by atoms with van der Waals surface area (Å²) in [6, 6.07) is 13.0. The average molecular weight is 689 g/mol. The van der Waals surface area contributed by atoms with Crippen molar-refractivity contribution in [2.45, 2.75) is 72.1 Å². The van der Waals surface area contributed by atoms with E-state index < -0.39 is 18.1 Å². The van der Waals surface area contributed by atoms with Gasteiger partial charge in [0.1, 0.15) is 36.3 Å². The van der Waals surface area contributed by atoms with Crippen molar-refractivity contribution in [1.29, 1.82) is 5.26 Å². The minimum absolute atomic E-state index is 0.0271. The molecule has 2 atom stereocenters. The standard InChI is InChI=1S/C36H41ClN6O6/c1-22-27(6-5-7-32(22)43-24(3)30(23(2)41-43)18-42-9-8-29(45)17-42)20-49-34-12-33(48-19-26-10-25(13-38)14-39-15-26)28(11-31(34)37)16-40-36(4,21-44)35(46)47/h5-7,10-12,14-15,29,40,44-45H,8-9,16-21H2,1-4H3,(H,46,47). The summed E-state index contributed by atoms with van der Waals surface area (Å²) in [4.78, 5) is 18.1. The highest BCUT2D eigenvalue weighted by Crippen LogP contribution is 2.35. The largest absolute Gasteiger partial charge is 0.488 e. The fourth-order valence-electron chi connectivity index (χ4n) is 5.77. The fourth-order valence-corrected chi connectivity index (χ4v) is 6.01. The van der Waals surface area contributed by atoms with E-state index in [0.717, 1.165) is 53.3 Å². The van der Waals surface area contributed by atoms with Crippen LogP contribution >= 0.6 is 11.6 Å². The first-order chi connectivity index (χ1) is 23.4. The molecule has 13 heteroatoms. The van der Waals surface area contributed by atoms with Gasteiger partial charge in [0.25, 0.3) is 0 Å². The molecular weight excluding hydrogens is 648 g/mol. The number of aryl methyl sites for hydroxylation is 1. The molecule has 0 radical (unpaired) electrons. The van der Waals surface area contributed by atoms with Gasteiger partial charge < -0.3 is 24.8 Å². The predicted molar refractivity (Wildman–Crippen MR) is 183 cm³/mol. The van der Waals surface area contributed by atoms with Crippen molar-refractivity contribution >= 4 is 17.6 Å². The van der Waals surface area contributed by atoms with Gasteiger partial charge in [0.15, 0.2) is 0 Å². The van der Waals surface area contributed by atoms with Gasteiger partial charge in [0.2, 0.25) is 0 Å². The number of pyridine rings is 1. The lowest BCUT2D eigenvalue weighted by atomic mass is 10.0. The van der Waals surface area contributed by atoms with E-state index in [1.807, 2.05) is 36.7 Å². The Morgan fingerprint density at radius 1 is 1.14 bits per heavy atom. The minimum Gasteiger partial charge on any atom is -0.488 e. The van der Waals surface area contributed by atoms with Crippen LogP contribution in [-0.4, -0.2) is 72.3 Å². The molecule has 0 bridgehead atoms. The first-order valence-corrected chi connectivity index (χ1v) is 16.4. The highest BCUT2D eigenvalue weighted by atomic mass is 35.5. The highest BCUT2D eigenvalue weighted by molar-refractivity contribution is 6.32. The number of nitriles is 1. The second-order valence-corrected chi connectivity index (χ2v) is 13.0. The van der Waals surface area contributed by atoms with Crippen LogP contribution < -0.4 is 14.8 Å². The number of likely N-dealkylation sites (tertiary alicyclic amines) is 1. The maximum absolute atomic E-state index is 11.8. The molecule has 2 unspecified atom stereocenters. The number of aliphatic carboxylic acids is 1. The monoisotopic (exact) mass is 688 g/mol. The lowest BCUT2D eigenvalue weighted by Gasteiger charge is -2.25. The summed E-state index contributed by atoms with van der Waals surface area (Å²) in [5.74, 6) is -0.465. The normalized spacial score (nSPS) is 15.9. The highest BCUT2D eigenvalue weighted by Gasteiger charge is 2.32. The minimum atomic E-state index is -1.59. The topological polar surface area (TPSA) is 166 Å². The summed E-state index contributed by atoms with van der Waals surface area (Å²) in [5, 5.41) is 46.6. The number of nitrogens with one attached hydrogen (secondary N) is 1. The number of hydrogen-bond acceptors (Lipinski definition) is 10. The zero-order valence-corrected chi connectivity index (χ0v) is 28.8. The summed E-state index contributed by atoms with van der Waals surface area (Å²) in [6.07, 6.45) is 3.56. The molecule has 3 heterocycles. The second kappa shape index (κ2) is 15.4. The van der Waals surface area contributed by atoms with Crippen molar-refractivity contribution < 1.29 is 29.6 Å². The number of β-amino-alcohol motifs (C(OH)–C–C–N with tert-alkyl or cyclic N) is 1. The molecule has 2 aromatic heterocycles. The molecule has 258 valence electrons. The molecule has 0 amide bonds. The number of halogens is 1. The molecule has 49 heavy (non-hydrogen) atoms. The molecule has 1 aliphatic heterocycles. The van der Waals surface area contributed by atoms with Crippen LogP contribution in [-0.2, 0) is 31.1 Å². The number of aromatic nitrogens is 3. The molecule has 0 saturated carbocycles. The van der Waals surface area contributed by atoms with Gasteiger partial charge in [0.05, 0.1) is 34.7 Å². The number of carboxylic acid groups (broad SMARTS) is 1. The van der Waals surface area contributed by atoms with Crippen LogP contribution in [0.2, 0.25) is 5.02 Å². The van der Waals surface area contributed by atoms with Gasteiger partial charge in [-0.2, -0.15) is 10.4 Å². The van der Waals surface area contributed by atoms with Gasteiger partial charge in [-0.1, -0.05) is 23.7 Å². The van der Waals surface area contributed by atoms with Crippen molar-refractivity contribution in [3.8, 4) is 23.3 Å². The Morgan fingerprint density at radius 3 is 2.61 bits per heavy atom. The molecule has 1 aliphatic rings. The zero-order chi connectivity index (χ0) is 35.3. The van der Waals surface area contributed by atoms with E-state index in [4.69, 9.17) is 26.2 Å². The van der Waals surface area contributed by atoms with Gasteiger partial charge in [-0.25, -0.2) is 4.68 Å². The molecule has 0 spiro atoms. The predicted octanol–water partition coefficient (Wildman–Crippen LogP) is 4.37. The third-order valence-corrected chi connectivity index (χ3v) is 9.29. The van der Waals surface area contributed by atoms with Gasteiger partial charge >= 0.3 is 5.97 Å². The molecule has 1 saturated heterocycles. The molecule has 12 nitrogen and oxygen atoms in total. The number of nitrogens with zero attached hydrogens (tertiary/aromatic N) is 5. The maximum atomic E-state index is 11.8. The fraction of sp³-hybridized carbons (Fsp3) is 0.389. The number of carboxylic acids is 1. The molecule has 2 aromatic carbocycles. The van der Waals surface area contributed by atoms with Crippen LogP contribution in [0.1, 0.15) is 58.1 Å². The first kappa shape index (κ1) is 35.8.